The number of hydrogen-bond donors (Lipinski definition) is 0. The molecule has 1 amide bonds. The largest absolute Gasteiger partial charge is 0.447 e. The minimum absolute atomic E-state index is 0.269. The van der Waals surface area contributed by atoms with Crippen LogP contribution in [0, 0.1) is 11.3 Å². The topological polar surface area (TPSA) is 69.5 Å². The molecule has 1 saturated heterocycles. The first-order valence-electron chi connectivity index (χ1n) is 9.94. The number of carbonyl (C=O) groups excluding carboxylic acids is 1. The monoisotopic (exact) mass is 416 g/mol. The maximum Gasteiger partial charge on any atom is 0.414 e. The van der Waals surface area contributed by atoms with Crippen LogP contribution in [0.2, 0.25) is 0 Å². The zero-order valence-electron chi connectivity index (χ0n) is 16.4. The lowest BCUT2D eigenvalue weighted by Gasteiger charge is -2.29. The number of amides is 1. The summed E-state index contributed by atoms with van der Waals surface area (Å²) in [6.07, 6.45) is 3.46. The molecule has 0 unspecified atom stereocenters. The number of aromatic nitrogens is 1. The highest BCUT2D eigenvalue weighted by molar-refractivity contribution is 7.15. The van der Waals surface area contributed by atoms with Crippen LogP contribution >= 0.6 is 11.3 Å². The fourth-order valence-electron chi connectivity index (χ4n) is 3.93. The molecule has 1 fully saturated rings. The number of ether oxygens (including phenoxy) is 1. The predicted molar refractivity (Wildman–Crippen MR) is 116 cm³/mol. The van der Waals surface area contributed by atoms with Crippen LogP contribution in [0.15, 0.2) is 48.7 Å². The molecule has 2 aliphatic rings. The molecule has 0 N–H and O–H groups in total. The first-order chi connectivity index (χ1) is 14.7. The molecule has 2 aliphatic heterocycles. The number of nitriles is 1. The summed E-state index contributed by atoms with van der Waals surface area (Å²) >= 11 is 1.71. The van der Waals surface area contributed by atoms with Gasteiger partial charge in [-0.1, -0.05) is 18.2 Å². The molecule has 0 spiro atoms. The molecule has 2 aromatic carbocycles. The Morgan fingerprint density at radius 1 is 1.13 bits per heavy atom. The number of hydrogen-bond acceptors (Lipinski definition) is 6. The van der Waals surface area contributed by atoms with E-state index in [1.165, 1.54) is 21.6 Å². The van der Waals surface area contributed by atoms with Crippen molar-refractivity contribution in [3.8, 4) is 6.07 Å². The van der Waals surface area contributed by atoms with Crippen LogP contribution < -0.4 is 9.80 Å². The van der Waals surface area contributed by atoms with Crippen molar-refractivity contribution in [2.75, 3.05) is 29.5 Å². The van der Waals surface area contributed by atoms with E-state index in [-0.39, 0.29) is 6.09 Å². The highest BCUT2D eigenvalue weighted by atomic mass is 32.1. The molecule has 7 heteroatoms. The Kier molecular flexibility index (Phi) is 4.85. The van der Waals surface area contributed by atoms with Crippen LogP contribution in [0.5, 0.6) is 0 Å². The summed E-state index contributed by atoms with van der Waals surface area (Å²) < 4.78 is 5.07. The van der Waals surface area contributed by atoms with Crippen LogP contribution in [0.1, 0.15) is 27.1 Å². The summed E-state index contributed by atoms with van der Waals surface area (Å²) in [6, 6.07) is 16.1. The zero-order valence-corrected chi connectivity index (χ0v) is 17.2. The smallest absolute Gasteiger partial charge is 0.414 e. The van der Waals surface area contributed by atoms with Crippen molar-refractivity contribution in [1.82, 2.24) is 4.98 Å². The number of carbonyl (C=O) groups is 1. The maximum absolute atomic E-state index is 11.9. The summed E-state index contributed by atoms with van der Waals surface area (Å²) in [5.41, 5.74) is 5.32. The van der Waals surface area contributed by atoms with Crippen LogP contribution in [0.4, 0.5) is 15.6 Å². The van der Waals surface area contributed by atoms with Gasteiger partial charge < -0.3 is 9.64 Å². The molecule has 1 aromatic heterocycles. The first-order valence-corrected chi connectivity index (χ1v) is 10.8. The lowest BCUT2D eigenvalue weighted by molar-refractivity contribution is 0.181. The third kappa shape index (κ3) is 3.62. The van der Waals surface area contributed by atoms with E-state index in [0.29, 0.717) is 18.7 Å². The van der Waals surface area contributed by atoms with Crippen molar-refractivity contribution in [3.63, 3.8) is 0 Å². The fraction of sp³-hybridized carbons (Fsp3) is 0.261. The zero-order chi connectivity index (χ0) is 20.5. The number of rotatable bonds is 4. The molecule has 5 rings (SSSR count). The number of fused-ring (bicyclic) bond motifs is 1. The summed E-state index contributed by atoms with van der Waals surface area (Å²) in [7, 11) is 0. The van der Waals surface area contributed by atoms with Crippen LogP contribution in [-0.2, 0) is 24.1 Å². The summed E-state index contributed by atoms with van der Waals surface area (Å²) in [5.74, 6) is 0. The molecule has 0 saturated carbocycles. The average molecular weight is 417 g/mol. The predicted octanol–water partition coefficient (Wildman–Crippen LogP) is 4.12. The van der Waals surface area contributed by atoms with Gasteiger partial charge in [-0.05, 0) is 47.4 Å². The summed E-state index contributed by atoms with van der Waals surface area (Å²) in [5, 5.41) is 9.96. The number of cyclic esters (lactones) is 1. The quantitative estimate of drug-likeness (QED) is 0.640. The Balaban J connectivity index is 1.31. The van der Waals surface area contributed by atoms with Gasteiger partial charge in [0.2, 0.25) is 0 Å². The van der Waals surface area contributed by atoms with Gasteiger partial charge in [-0.2, -0.15) is 5.26 Å². The second-order valence-electron chi connectivity index (χ2n) is 7.49. The molecular formula is C23H20N4O2S. The third-order valence-corrected chi connectivity index (χ3v) is 6.61. The van der Waals surface area contributed by atoms with Crippen LogP contribution in [0.3, 0.4) is 0 Å². The average Bonchev–Trinajstić information content (AvgIpc) is 3.42. The Morgan fingerprint density at radius 2 is 2.00 bits per heavy atom. The Labute approximate surface area is 179 Å². The number of benzene rings is 2. The lowest BCUT2D eigenvalue weighted by Crippen LogP contribution is -2.31. The van der Waals surface area contributed by atoms with Crippen molar-refractivity contribution in [1.29, 1.82) is 5.26 Å². The van der Waals surface area contributed by atoms with Gasteiger partial charge in [-0.15, -0.1) is 11.3 Å². The minimum atomic E-state index is -0.269. The molecule has 0 aliphatic carbocycles. The van der Waals surface area contributed by atoms with E-state index in [2.05, 4.69) is 28.1 Å². The molecular weight excluding hydrogens is 396 g/mol. The second kappa shape index (κ2) is 7.81. The molecule has 3 heterocycles. The van der Waals surface area contributed by atoms with Crippen molar-refractivity contribution in [2.45, 2.75) is 19.4 Å². The fourth-order valence-corrected chi connectivity index (χ4v) is 4.90. The highest BCUT2D eigenvalue weighted by Crippen LogP contribution is 2.31. The number of anilines is 2. The molecule has 3 aromatic rings. The van der Waals surface area contributed by atoms with E-state index >= 15 is 0 Å². The van der Waals surface area contributed by atoms with Gasteiger partial charge in [0.05, 0.1) is 18.2 Å². The van der Waals surface area contributed by atoms with Crippen molar-refractivity contribution < 1.29 is 9.53 Å². The van der Waals surface area contributed by atoms with Gasteiger partial charge in [-0.25, -0.2) is 9.78 Å². The number of nitrogens with zero attached hydrogens (tertiary/aromatic N) is 4. The van der Waals surface area contributed by atoms with Crippen LogP contribution in [-0.4, -0.2) is 30.8 Å². The molecule has 6 nitrogen and oxygen atoms in total. The standard InChI is InChI=1S/C23H20N4O2S/c24-13-17-3-1-16(2-4-17)11-21-14-25-22(30-21)26-8-7-18-5-6-20(12-19(18)15-26)27-9-10-29-23(27)28/h1-6,12,14H,7-11,15H2. The number of thiazole rings is 1. The van der Waals surface area contributed by atoms with Crippen molar-refractivity contribution in [3.05, 3.63) is 75.8 Å². The Hall–Kier alpha value is -3.37. The minimum Gasteiger partial charge on any atom is -0.447 e. The SMILES string of the molecule is N#Cc1ccc(Cc2cnc(N3CCc4ccc(N5CCOC5=O)cc4C3)s2)cc1. The highest BCUT2D eigenvalue weighted by Gasteiger charge is 2.26. The first kappa shape index (κ1) is 18.6. The van der Waals surface area contributed by atoms with Gasteiger partial charge >= 0.3 is 6.09 Å². The second-order valence-corrected chi connectivity index (χ2v) is 8.58. The van der Waals surface area contributed by atoms with E-state index in [9.17, 15) is 4.79 Å². The summed E-state index contributed by atoms with van der Waals surface area (Å²) in [6.45, 7) is 2.77. The summed E-state index contributed by atoms with van der Waals surface area (Å²) in [4.78, 5) is 21.8. The van der Waals surface area contributed by atoms with E-state index in [1.54, 1.807) is 16.2 Å². The Bertz CT molecular complexity index is 1130. The van der Waals surface area contributed by atoms with E-state index < -0.39 is 0 Å². The molecule has 0 bridgehead atoms. The van der Waals surface area contributed by atoms with Crippen LogP contribution in [0.25, 0.3) is 0 Å². The van der Waals surface area contributed by atoms with Crippen molar-refractivity contribution >= 4 is 28.2 Å². The normalized spacial score (nSPS) is 15.6. The molecule has 150 valence electrons. The Morgan fingerprint density at radius 3 is 2.77 bits per heavy atom. The third-order valence-electron chi connectivity index (χ3n) is 5.55. The molecule has 0 radical (unpaired) electrons. The van der Waals surface area contributed by atoms with Gasteiger partial charge in [0, 0.05) is 36.3 Å². The van der Waals surface area contributed by atoms with Gasteiger partial charge in [0.15, 0.2) is 5.13 Å². The van der Waals surface area contributed by atoms with E-state index in [1.807, 2.05) is 36.5 Å². The van der Waals surface area contributed by atoms with Gasteiger partial charge in [0.25, 0.3) is 0 Å². The van der Waals surface area contributed by atoms with E-state index in [4.69, 9.17) is 10.00 Å². The van der Waals surface area contributed by atoms with Gasteiger partial charge in [0.1, 0.15) is 6.61 Å². The van der Waals surface area contributed by atoms with Crippen molar-refractivity contribution in [2.24, 2.45) is 0 Å². The maximum atomic E-state index is 11.9. The van der Waals surface area contributed by atoms with E-state index in [0.717, 1.165) is 36.8 Å². The molecule has 0 atom stereocenters. The lowest BCUT2D eigenvalue weighted by atomic mass is 9.99. The molecule has 30 heavy (non-hydrogen) atoms. The van der Waals surface area contributed by atoms with Gasteiger partial charge in [-0.3, -0.25) is 4.90 Å².